The first-order valence-electron chi connectivity index (χ1n) is 31.1. The Labute approximate surface area is 473 Å². The summed E-state index contributed by atoms with van der Waals surface area (Å²) in [5.41, 5.74) is 1.49. The van der Waals surface area contributed by atoms with Crippen LogP contribution in [0.25, 0.3) is 0 Å². The monoisotopic (exact) mass is 1130 g/mol. The van der Waals surface area contributed by atoms with E-state index >= 15 is 0 Å². The number of esters is 4. The summed E-state index contributed by atoms with van der Waals surface area (Å²) in [5.74, 6) is 4.88. The van der Waals surface area contributed by atoms with E-state index in [-0.39, 0.29) is 63.7 Å². The van der Waals surface area contributed by atoms with E-state index in [2.05, 4.69) is 13.8 Å². The van der Waals surface area contributed by atoms with Crippen LogP contribution < -0.4 is 5.73 Å². The quantitative estimate of drug-likeness (QED) is 0.0995. The van der Waals surface area contributed by atoms with E-state index in [0.717, 1.165) is 95.3 Å². The summed E-state index contributed by atoms with van der Waals surface area (Å²) in [6, 6.07) is 0. The number of aliphatic hydroxyl groups is 1. The van der Waals surface area contributed by atoms with Crippen molar-refractivity contribution in [3.63, 3.8) is 0 Å². The summed E-state index contributed by atoms with van der Waals surface area (Å²) in [5, 5.41) is 10.3. The highest BCUT2D eigenvalue weighted by Gasteiger charge is 2.67. The van der Waals surface area contributed by atoms with Crippen LogP contribution in [0.3, 0.4) is 0 Å². The van der Waals surface area contributed by atoms with E-state index in [4.69, 9.17) is 33.6 Å². The molecule has 15 nitrogen and oxygen atoms in total. The first-order valence-corrected chi connectivity index (χ1v) is 32.6. The van der Waals surface area contributed by atoms with Gasteiger partial charge in [-0.1, -0.05) is 27.7 Å². The minimum absolute atomic E-state index is 0.0185. The van der Waals surface area contributed by atoms with E-state index < -0.39 is 55.4 Å². The van der Waals surface area contributed by atoms with Crippen LogP contribution in [0, 0.1) is 80.8 Å². The molecule has 0 radical (unpaired) electrons. The van der Waals surface area contributed by atoms with Crippen molar-refractivity contribution in [1.29, 1.82) is 0 Å². The summed E-state index contributed by atoms with van der Waals surface area (Å²) in [4.78, 5) is 60.8. The number of amides is 1. The zero-order valence-electron chi connectivity index (χ0n) is 50.5. The Morgan fingerprint density at radius 2 is 0.899 bits per heavy atom. The maximum absolute atomic E-state index is 12.6. The Hall–Kier alpha value is -2.98. The molecule has 1 amide bonds. The molecule has 0 aromatic carbocycles. The van der Waals surface area contributed by atoms with Crippen molar-refractivity contribution >= 4 is 40.1 Å². The van der Waals surface area contributed by atoms with Gasteiger partial charge in [0.25, 0.3) is 10.1 Å². The Bertz CT molecular complexity index is 2400. The molecule has 79 heavy (non-hydrogen) atoms. The number of nitrogens with two attached hydrogens (primary N) is 1. The second-order valence-corrected chi connectivity index (χ2v) is 32.9. The minimum Gasteiger partial charge on any atom is -0.459 e. The molecule has 0 aromatic heterocycles. The van der Waals surface area contributed by atoms with Gasteiger partial charge in [0.15, 0.2) is 0 Å². The molecular weight excluding hydrogens is 1030 g/mol. The van der Waals surface area contributed by atoms with Gasteiger partial charge >= 0.3 is 30.0 Å². The topological polar surface area (TPSA) is 221 Å². The van der Waals surface area contributed by atoms with Gasteiger partial charge in [0.1, 0.15) is 34.6 Å². The van der Waals surface area contributed by atoms with Crippen LogP contribution >= 0.6 is 0 Å². The van der Waals surface area contributed by atoms with Gasteiger partial charge < -0.3 is 34.5 Å². The van der Waals surface area contributed by atoms with Gasteiger partial charge in [-0.05, 0) is 244 Å². The van der Waals surface area contributed by atoms with Gasteiger partial charge in [-0.25, -0.2) is 4.79 Å². The summed E-state index contributed by atoms with van der Waals surface area (Å²) in [6.07, 6.45) is 20.5. The average Bonchev–Trinajstić information content (AvgIpc) is 4.19. The lowest BCUT2D eigenvalue weighted by Crippen LogP contribution is -2.62. The lowest BCUT2D eigenvalue weighted by atomic mass is 9.50. The van der Waals surface area contributed by atoms with Gasteiger partial charge in [0.05, 0.1) is 32.5 Å². The third-order valence-electron chi connectivity index (χ3n) is 23.3. The Balaban J connectivity index is 0.000000128. The van der Waals surface area contributed by atoms with Gasteiger partial charge in [-0.15, -0.1) is 0 Å². The zero-order valence-corrected chi connectivity index (χ0v) is 51.3. The summed E-state index contributed by atoms with van der Waals surface area (Å²) < 4.78 is 58.0. The fourth-order valence-electron chi connectivity index (χ4n) is 18.0. The van der Waals surface area contributed by atoms with Crippen molar-refractivity contribution in [2.45, 2.75) is 283 Å². The molecule has 15 rings (SSSR count). The van der Waals surface area contributed by atoms with Gasteiger partial charge in [-0.3, -0.25) is 23.4 Å². The van der Waals surface area contributed by atoms with Crippen LogP contribution in [0.5, 0.6) is 0 Å². The van der Waals surface area contributed by atoms with E-state index in [1.54, 1.807) is 0 Å². The predicted octanol–water partition coefficient (Wildman–Crippen LogP) is 11.9. The highest BCUT2D eigenvalue weighted by atomic mass is 32.2. The molecule has 15 fully saturated rings. The maximum atomic E-state index is 12.6. The molecule has 1 aliphatic heterocycles. The highest BCUT2D eigenvalue weighted by Crippen LogP contribution is 2.63. The van der Waals surface area contributed by atoms with E-state index in [1.165, 1.54) is 38.5 Å². The molecule has 14 saturated carbocycles. The Morgan fingerprint density at radius 1 is 0.519 bits per heavy atom. The fourth-order valence-corrected chi connectivity index (χ4v) is 19.9. The first-order chi connectivity index (χ1) is 36.5. The van der Waals surface area contributed by atoms with Crippen molar-refractivity contribution in [3.05, 3.63) is 0 Å². The fraction of sp³-hybridized carbons (Fsp3) is 0.921. The third-order valence-corrected chi connectivity index (χ3v) is 25.1. The van der Waals surface area contributed by atoms with Crippen LogP contribution in [0.1, 0.15) is 238 Å². The number of fused-ring (bicyclic) bond motifs is 1. The molecule has 9 unspecified atom stereocenters. The van der Waals surface area contributed by atoms with Crippen molar-refractivity contribution in [2.75, 3.05) is 0 Å². The SMILES string of the molecule is CCC(C)(C)C(=O)OC1(C)C2CC3CC(C2)CC1C3.CCC(C)(C)C(=O)OC12CC3CC(CC(O)(C3)C1)C2.CCC(C)(C)C(=O)OC12CC3CC(CC(OC(N)=O)(C3)C1)C2.CCC(C)(C)C(=O)OC1C2CC3C1OS(=O)(=O)C3C2. The molecule has 0 aromatic rings. The first kappa shape index (κ1) is 60.6. The molecule has 16 heteroatoms. The number of carbonyl (C=O) groups excluding carboxylic acids is 5. The van der Waals surface area contributed by atoms with Crippen LogP contribution in [0.15, 0.2) is 0 Å². The van der Waals surface area contributed by atoms with Gasteiger partial charge in [-0.2, -0.15) is 8.42 Å². The third kappa shape index (κ3) is 11.8. The molecule has 0 spiro atoms. The summed E-state index contributed by atoms with van der Waals surface area (Å²) in [7, 11) is -3.43. The van der Waals surface area contributed by atoms with E-state index in [9.17, 15) is 37.5 Å². The molecule has 9 atom stereocenters. The number of rotatable bonds is 13. The smallest absolute Gasteiger partial charge is 0.405 e. The second-order valence-electron chi connectivity index (χ2n) is 31.1. The largest absolute Gasteiger partial charge is 0.459 e. The van der Waals surface area contributed by atoms with Crippen molar-refractivity contribution in [3.8, 4) is 0 Å². The Kier molecular flexibility index (Phi) is 16.1. The van der Waals surface area contributed by atoms with Crippen LogP contribution in [-0.2, 0) is 57.2 Å². The minimum atomic E-state index is -3.43. The second kappa shape index (κ2) is 21.0. The molecule has 1 saturated heterocycles. The zero-order chi connectivity index (χ0) is 57.9. The number of hydrogen-bond donors (Lipinski definition) is 2. The summed E-state index contributed by atoms with van der Waals surface area (Å²) in [6.45, 7) is 25.7. The molecule has 448 valence electrons. The van der Waals surface area contributed by atoms with E-state index in [1.807, 2.05) is 76.2 Å². The molecule has 15 aliphatic rings. The standard InChI is InChI=1S/C17H27NO4.C17H28O2.C16H26O3.C13H20O5S/c1-4-15(2,3)13(19)21-16-6-11-5-12(7-16)9-17(8-11,10-16)22-14(18)20;1-5-16(2,3)15(18)19-17(4)13-7-11-6-12(9-13)10-14(17)8-11;1-4-14(2,3)13(17)19-16-8-11-5-12(9-16)7-15(18,6-11)10-16;1-4-13(2,3)12(14)17-10-7-5-8-9(6-7)19(15,16)18-11(8)10/h11-12H,4-10H2,1-3H3,(H2,18,20);11-14H,5-10H2,1-4H3;11-12,18H,4-10H2,1-3H3;7-11H,4-6H2,1-3H3. The van der Waals surface area contributed by atoms with Gasteiger partial charge in [0.2, 0.25) is 0 Å². The molecule has 1 heterocycles. The van der Waals surface area contributed by atoms with Crippen LogP contribution in [0.4, 0.5) is 4.79 Å². The Morgan fingerprint density at radius 3 is 1.32 bits per heavy atom. The number of hydrogen-bond acceptors (Lipinski definition) is 14. The van der Waals surface area contributed by atoms with Crippen molar-refractivity contribution in [1.82, 2.24) is 0 Å². The number of primary amides is 1. The average molecular weight is 1130 g/mol. The van der Waals surface area contributed by atoms with Gasteiger partial charge in [0, 0.05) is 24.7 Å². The van der Waals surface area contributed by atoms with Crippen LogP contribution in [0.2, 0.25) is 0 Å². The highest BCUT2D eigenvalue weighted by molar-refractivity contribution is 7.87. The maximum Gasteiger partial charge on any atom is 0.405 e. The van der Waals surface area contributed by atoms with E-state index in [0.29, 0.717) is 61.2 Å². The van der Waals surface area contributed by atoms with Crippen molar-refractivity contribution in [2.24, 2.45) is 86.6 Å². The predicted molar refractivity (Wildman–Crippen MR) is 297 cm³/mol. The summed E-state index contributed by atoms with van der Waals surface area (Å²) >= 11 is 0. The molecule has 14 bridgehead atoms. The molecule has 3 N–H and O–H groups in total. The molecular formula is C63H101NO14S. The number of ether oxygens (including phenoxy) is 5. The lowest BCUT2D eigenvalue weighted by Gasteiger charge is -2.60. The normalized spacial score (nSPS) is 42.6. The molecule has 14 aliphatic carbocycles. The number of carbonyl (C=O) groups is 5. The van der Waals surface area contributed by atoms with Crippen LogP contribution in [-0.4, -0.2) is 89.0 Å². The lowest BCUT2D eigenvalue weighted by molar-refractivity contribution is -0.226. The van der Waals surface area contributed by atoms with Crippen molar-refractivity contribution < 1.29 is 65.4 Å².